The molecule has 0 spiro atoms. The van der Waals surface area contributed by atoms with E-state index >= 15 is 0 Å². The maximum atomic E-state index is 13.5. The van der Waals surface area contributed by atoms with Gasteiger partial charge < -0.3 is 10.1 Å². The van der Waals surface area contributed by atoms with Crippen LogP contribution in [0.15, 0.2) is 18.2 Å². The predicted octanol–water partition coefficient (Wildman–Crippen LogP) is 2.43. The lowest BCUT2D eigenvalue weighted by molar-refractivity contribution is 0.124. The molecule has 1 aromatic rings. The molecular weight excluding hydrogens is 193 g/mol. The van der Waals surface area contributed by atoms with Crippen LogP contribution in [0, 0.1) is 12.7 Å². The van der Waals surface area contributed by atoms with Crippen LogP contribution in [0.4, 0.5) is 4.39 Å². The van der Waals surface area contributed by atoms with Crippen LogP contribution in [0.2, 0.25) is 0 Å². The number of aryl methyl sites for hydroxylation is 1. The molecule has 84 valence electrons. The van der Waals surface area contributed by atoms with Crippen LogP contribution in [0.25, 0.3) is 0 Å². The van der Waals surface area contributed by atoms with Gasteiger partial charge in [0.1, 0.15) is 5.82 Å². The van der Waals surface area contributed by atoms with Gasteiger partial charge in [0.25, 0.3) is 0 Å². The van der Waals surface area contributed by atoms with Crippen molar-refractivity contribution in [2.75, 3.05) is 20.3 Å². The van der Waals surface area contributed by atoms with Crippen LogP contribution in [0.5, 0.6) is 0 Å². The summed E-state index contributed by atoms with van der Waals surface area (Å²) < 4.78 is 18.8. The molecule has 2 nitrogen and oxygen atoms in total. The van der Waals surface area contributed by atoms with E-state index in [1.54, 1.807) is 6.07 Å². The number of nitrogens with one attached hydrogen (secondary N) is 1. The first kappa shape index (κ1) is 12.1. The average Bonchev–Trinajstić information content (AvgIpc) is 2.24. The third-order valence-electron chi connectivity index (χ3n) is 2.36. The first-order valence-electron chi connectivity index (χ1n) is 5.20. The van der Waals surface area contributed by atoms with Gasteiger partial charge in [-0.05, 0) is 27.0 Å². The summed E-state index contributed by atoms with van der Waals surface area (Å²) in [5.41, 5.74) is 1.73. The molecule has 1 aromatic carbocycles. The molecule has 0 heterocycles. The minimum atomic E-state index is -0.181. The van der Waals surface area contributed by atoms with E-state index in [2.05, 4.69) is 5.32 Å². The third-order valence-corrected chi connectivity index (χ3v) is 2.36. The van der Waals surface area contributed by atoms with Crippen molar-refractivity contribution in [3.8, 4) is 0 Å². The van der Waals surface area contributed by atoms with Gasteiger partial charge in [-0.3, -0.25) is 0 Å². The quantitative estimate of drug-likeness (QED) is 0.807. The molecule has 0 bridgehead atoms. The normalized spacial score (nSPS) is 12.8. The second-order valence-corrected chi connectivity index (χ2v) is 3.53. The fourth-order valence-electron chi connectivity index (χ4n) is 1.49. The van der Waals surface area contributed by atoms with Gasteiger partial charge in [-0.2, -0.15) is 0 Å². The van der Waals surface area contributed by atoms with Crippen molar-refractivity contribution in [3.63, 3.8) is 0 Å². The van der Waals surface area contributed by atoms with Crippen LogP contribution in [-0.4, -0.2) is 20.3 Å². The maximum absolute atomic E-state index is 13.5. The standard InChI is InChI=1S/C12H18FNO/c1-4-15-8-12(14-3)10-7-9(2)5-6-11(10)13/h5-7,12,14H,4,8H2,1-3H3. The summed E-state index contributed by atoms with van der Waals surface area (Å²) in [6, 6.07) is 5.05. The Morgan fingerprint density at radius 2 is 2.20 bits per heavy atom. The first-order valence-corrected chi connectivity index (χ1v) is 5.20. The average molecular weight is 211 g/mol. The van der Waals surface area contributed by atoms with Gasteiger partial charge in [-0.1, -0.05) is 17.7 Å². The Bertz CT molecular complexity index is 314. The minimum Gasteiger partial charge on any atom is -0.380 e. The number of benzene rings is 1. The van der Waals surface area contributed by atoms with Crippen LogP contribution >= 0.6 is 0 Å². The highest BCUT2D eigenvalue weighted by Crippen LogP contribution is 2.18. The number of halogens is 1. The van der Waals surface area contributed by atoms with Crippen molar-refractivity contribution in [2.24, 2.45) is 0 Å². The molecule has 0 aliphatic rings. The number of rotatable bonds is 5. The van der Waals surface area contributed by atoms with Gasteiger partial charge in [0.15, 0.2) is 0 Å². The largest absolute Gasteiger partial charge is 0.380 e. The molecule has 1 unspecified atom stereocenters. The Morgan fingerprint density at radius 3 is 2.80 bits per heavy atom. The summed E-state index contributed by atoms with van der Waals surface area (Å²) in [5, 5.41) is 3.06. The Morgan fingerprint density at radius 1 is 1.47 bits per heavy atom. The van der Waals surface area contributed by atoms with E-state index in [1.165, 1.54) is 6.07 Å². The minimum absolute atomic E-state index is 0.0788. The van der Waals surface area contributed by atoms with E-state index in [0.29, 0.717) is 18.8 Å². The zero-order valence-corrected chi connectivity index (χ0v) is 9.51. The van der Waals surface area contributed by atoms with Crippen LogP contribution in [0.3, 0.4) is 0 Å². The third kappa shape index (κ3) is 3.29. The molecule has 0 amide bonds. The second kappa shape index (κ2) is 5.83. The Labute approximate surface area is 90.4 Å². The van der Waals surface area contributed by atoms with Gasteiger partial charge in [0, 0.05) is 12.2 Å². The van der Waals surface area contributed by atoms with Crippen LogP contribution in [-0.2, 0) is 4.74 Å². The topological polar surface area (TPSA) is 21.3 Å². The van der Waals surface area contributed by atoms with Gasteiger partial charge in [-0.25, -0.2) is 4.39 Å². The summed E-state index contributed by atoms with van der Waals surface area (Å²) in [7, 11) is 1.81. The number of hydrogen-bond acceptors (Lipinski definition) is 2. The summed E-state index contributed by atoms with van der Waals surface area (Å²) in [4.78, 5) is 0. The Hall–Kier alpha value is -0.930. The number of likely N-dealkylation sites (N-methyl/N-ethyl adjacent to an activating group) is 1. The van der Waals surface area contributed by atoms with Crippen molar-refractivity contribution in [1.82, 2.24) is 5.32 Å². The van der Waals surface area contributed by atoms with E-state index in [1.807, 2.05) is 27.0 Å². The fourth-order valence-corrected chi connectivity index (χ4v) is 1.49. The monoisotopic (exact) mass is 211 g/mol. The summed E-state index contributed by atoms with van der Waals surface area (Å²) in [6.07, 6.45) is 0. The smallest absolute Gasteiger partial charge is 0.128 e. The van der Waals surface area contributed by atoms with Gasteiger partial charge in [0.05, 0.1) is 12.6 Å². The summed E-state index contributed by atoms with van der Waals surface area (Å²) in [5.74, 6) is -0.181. The Balaban J connectivity index is 2.85. The van der Waals surface area contributed by atoms with E-state index in [4.69, 9.17) is 4.74 Å². The molecule has 0 fully saturated rings. The lowest BCUT2D eigenvalue weighted by atomic mass is 10.0. The second-order valence-electron chi connectivity index (χ2n) is 3.53. The van der Waals surface area contributed by atoms with Crippen molar-refractivity contribution >= 4 is 0 Å². The van der Waals surface area contributed by atoms with Crippen molar-refractivity contribution in [1.29, 1.82) is 0 Å². The predicted molar refractivity (Wildman–Crippen MR) is 59.4 cm³/mol. The van der Waals surface area contributed by atoms with Gasteiger partial charge in [0.2, 0.25) is 0 Å². The molecule has 0 aromatic heterocycles. The lowest BCUT2D eigenvalue weighted by Gasteiger charge is -2.17. The van der Waals surface area contributed by atoms with E-state index < -0.39 is 0 Å². The molecule has 1 atom stereocenters. The first-order chi connectivity index (χ1) is 7.19. The fraction of sp³-hybridized carbons (Fsp3) is 0.500. The molecule has 15 heavy (non-hydrogen) atoms. The molecule has 3 heteroatoms. The Kier molecular flexibility index (Phi) is 4.72. The molecule has 1 N–H and O–H groups in total. The molecule has 0 radical (unpaired) electrons. The highest BCUT2D eigenvalue weighted by Gasteiger charge is 2.13. The zero-order chi connectivity index (χ0) is 11.3. The molecule has 0 aliphatic carbocycles. The molecule has 0 saturated carbocycles. The SMILES string of the molecule is CCOCC(NC)c1cc(C)ccc1F. The maximum Gasteiger partial charge on any atom is 0.128 e. The van der Waals surface area contributed by atoms with E-state index in [0.717, 1.165) is 5.56 Å². The van der Waals surface area contributed by atoms with Crippen LogP contribution < -0.4 is 5.32 Å². The van der Waals surface area contributed by atoms with Crippen molar-refractivity contribution in [2.45, 2.75) is 19.9 Å². The number of ether oxygens (including phenoxy) is 1. The molecule has 1 rings (SSSR count). The van der Waals surface area contributed by atoms with E-state index in [-0.39, 0.29) is 11.9 Å². The highest BCUT2D eigenvalue weighted by molar-refractivity contribution is 5.26. The molecule has 0 aliphatic heterocycles. The number of hydrogen-bond donors (Lipinski definition) is 1. The van der Waals surface area contributed by atoms with E-state index in [9.17, 15) is 4.39 Å². The highest BCUT2D eigenvalue weighted by atomic mass is 19.1. The van der Waals surface area contributed by atoms with Crippen molar-refractivity contribution < 1.29 is 9.13 Å². The summed E-state index contributed by atoms with van der Waals surface area (Å²) in [6.45, 7) is 5.02. The van der Waals surface area contributed by atoms with Crippen molar-refractivity contribution in [3.05, 3.63) is 35.1 Å². The molecule has 0 saturated heterocycles. The van der Waals surface area contributed by atoms with Crippen LogP contribution in [0.1, 0.15) is 24.1 Å². The molecular formula is C12H18FNO. The summed E-state index contributed by atoms with van der Waals surface area (Å²) >= 11 is 0. The van der Waals surface area contributed by atoms with Gasteiger partial charge >= 0.3 is 0 Å². The van der Waals surface area contributed by atoms with Gasteiger partial charge in [-0.15, -0.1) is 0 Å². The lowest BCUT2D eigenvalue weighted by Crippen LogP contribution is -2.23. The zero-order valence-electron chi connectivity index (χ0n) is 9.51.